The van der Waals surface area contributed by atoms with E-state index in [-0.39, 0.29) is 0 Å². The number of para-hydroxylation sites is 1. The smallest absolute Gasteiger partial charge is 0.139 e. The van der Waals surface area contributed by atoms with Crippen molar-refractivity contribution in [3.63, 3.8) is 0 Å². The average molecular weight is 372 g/mol. The molecule has 0 saturated carbocycles. The van der Waals surface area contributed by atoms with Gasteiger partial charge in [-0.3, -0.25) is 0 Å². The van der Waals surface area contributed by atoms with Crippen LogP contribution in [0, 0.1) is 13.8 Å². The molecule has 6 heteroatoms. The van der Waals surface area contributed by atoms with E-state index in [9.17, 15) is 0 Å². The van der Waals surface area contributed by atoms with Crippen molar-refractivity contribution in [2.45, 2.75) is 13.8 Å². The van der Waals surface area contributed by atoms with Gasteiger partial charge in [0, 0.05) is 14.5 Å². The van der Waals surface area contributed by atoms with Crippen LogP contribution in [0.3, 0.4) is 0 Å². The van der Waals surface area contributed by atoms with Crippen molar-refractivity contribution in [2.75, 3.05) is 11.1 Å². The predicted octanol–water partition coefficient (Wildman–Crippen LogP) is 3.94. The highest BCUT2D eigenvalue weighted by atomic mass is 79.9. The second-order valence-corrected chi connectivity index (χ2v) is 5.56. The Kier molecular flexibility index (Phi) is 3.87. The van der Waals surface area contributed by atoms with Crippen LogP contribution >= 0.6 is 31.9 Å². The molecular weight excluding hydrogens is 360 g/mol. The minimum atomic E-state index is 0.494. The van der Waals surface area contributed by atoms with Crippen molar-refractivity contribution in [1.29, 1.82) is 0 Å². The van der Waals surface area contributed by atoms with Gasteiger partial charge in [-0.25, -0.2) is 9.97 Å². The molecule has 0 spiro atoms. The largest absolute Gasteiger partial charge is 0.383 e. The SMILES string of the molecule is Cc1nc(N)c(C)c(Nc2c(Br)cccc2Br)n1. The lowest BCUT2D eigenvalue weighted by molar-refractivity contribution is 1.04. The van der Waals surface area contributed by atoms with Crippen molar-refractivity contribution < 1.29 is 0 Å². The van der Waals surface area contributed by atoms with Crippen LogP contribution < -0.4 is 11.1 Å². The van der Waals surface area contributed by atoms with E-state index in [1.807, 2.05) is 32.0 Å². The first kappa shape index (κ1) is 13.3. The molecule has 0 unspecified atom stereocenters. The summed E-state index contributed by atoms with van der Waals surface area (Å²) in [4.78, 5) is 8.49. The van der Waals surface area contributed by atoms with E-state index in [1.165, 1.54) is 0 Å². The maximum atomic E-state index is 5.84. The van der Waals surface area contributed by atoms with E-state index < -0.39 is 0 Å². The molecule has 1 heterocycles. The number of nitrogens with one attached hydrogen (secondary N) is 1. The summed E-state index contributed by atoms with van der Waals surface area (Å²) in [6.07, 6.45) is 0. The molecule has 4 nitrogen and oxygen atoms in total. The summed E-state index contributed by atoms with van der Waals surface area (Å²) in [5, 5.41) is 3.27. The highest BCUT2D eigenvalue weighted by molar-refractivity contribution is 9.11. The molecule has 18 heavy (non-hydrogen) atoms. The Hall–Kier alpha value is -1.14. The van der Waals surface area contributed by atoms with Gasteiger partial charge < -0.3 is 11.1 Å². The lowest BCUT2D eigenvalue weighted by atomic mass is 10.2. The second-order valence-electron chi connectivity index (χ2n) is 3.85. The molecule has 0 aliphatic heterocycles. The number of benzene rings is 1. The summed E-state index contributed by atoms with van der Waals surface area (Å²) in [6.45, 7) is 3.71. The number of aryl methyl sites for hydroxylation is 1. The Morgan fingerprint density at radius 2 is 1.72 bits per heavy atom. The van der Waals surface area contributed by atoms with Crippen LogP contribution in [0.4, 0.5) is 17.3 Å². The average Bonchev–Trinajstić information content (AvgIpc) is 2.30. The van der Waals surface area contributed by atoms with Gasteiger partial charge in [0.1, 0.15) is 17.5 Å². The molecule has 0 atom stereocenters. The number of aromatic nitrogens is 2. The Balaban J connectivity index is 2.46. The number of halogens is 2. The van der Waals surface area contributed by atoms with Gasteiger partial charge >= 0.3 is 0 Å². The number of hydrogen-bond acceptors (Lipinski definition) is 4. The Morgan fingerprint density at radius 1 is 1.11 bits per heavy atom. The molecule has 0 aliphatic rings. The zero-order chi connectivity index (χ0) is 13.3. The van der Waals surface area contributed by atoms with Crippen molar-refractivity contribution in [2.24, 2.45) is 0 Å². The number of rotatable bonds is 2. The van der Waals surface area contributed by atoms with E-state index >= 15 is 0 Å². The van der Waals surface area contributed by atoms with Crippen molar-refractivity contribution >= 4 is 49.2 Å². The molecule has 1 aromatic carbocycles. The fourth-order valence-electron chi connectivity index (χ4n) is 1.51. The first-order valence-corrected chi connectivity index (χ1v) is 6.89. The maximum absolute atomic E-state index is 5.84. The fraction of sp³-hybridized carbons (Fsp3) is 0.167. The van der Waals surface area contributed by atoms with Crippen LogP contribution in [-0.2, 0) is 0 Å². The molecule has 2 aromatic rings. The monoisotopic (exact) mass is 370 g/mol. The molecule has 0 aliphatic carbocycles. The summed E-state index contributed by atoms with van der Waals surface area (Å²) in [5.74, 6) is 1.85. The highest BCUT2D eigenvalue weighted by Gasteiger charge is 2.10. The summed E-state index contributed by atoms with van der Waals surface area (Å²) < 4.78 is 1.90. The topological polar surface area (TPSA) is 63.8 Å². The highest BCUT2D eigenvalue weighted by Crippen LogP contribution is 2.33. The molecule has 0 bridgehead atoms. The minimum absolute atomic E-state index is 0.494. The number of nitrogen functional groups attached to an aromatic ring is 1. The number of hydrogen-bond donors (Lipinski definition) is 2. The summed E-state index contributed by atoms with van der Waals surface area (Å²) in [7, 11) is 0. The zero-order valence-electron chi connectivity index (χ0n) is 9.96. The number of nitrogens with two attached hydrogens (primary N) is 1. The van der Waals surface area contributed by atoms with Gasteiger partial charge in [-0.1, -0.05) is 6.07 Å². The molecule has 3 N–H and O–H groups in total. The van der Waals surface area contributed by atoms with Crippen molar-refractivity contribution in [1.82, 2.24) is 9.97 Å². The zero-order valence-corrected chi connectivity index (χ0v) is 13.1. The molecular formula is C12H12Br2N4. The second kappa shape index (κ2) is 5.24. The van der Waals surface area contributed by atoms with Gasteiger partial charge in [-0.2, -0.15) is 0 Å². The maximum Gasteiger partial charge on any atom is 0.139 e. The van der Waals surface area contributed by atoms with Crippen LogP contribution in [0.25, 0.3) is 0 Å². The van der Waals surface area contributed by atoms with E-state index in [4.69, 9.17) is 5.73 Å². The van der Waals surface area contributed by atoms with E-state index in [0.29, 0.717) is 17.5 Å². The predicted molar refractivity (Wildman–Crippen MR) is 81.0 cm³/mol. The quantitative estimate of drug-likeness (QED) is 0.838. The van der Waals surface area contributed by atoms with Crippen LogP contribution in [0.1, 0.15) is 11.4 Å². The lowest BCUT2D eigenvalue weighted by Gasteiger charge is -2.13. The van der Waals surface area contributed by atoms with Crippen molar-refractivity contribution in [3.05, 3.63) is 38.5 Å². The molecule has 2 rings (SSSR count). The standard InChI is InChI=1S/C12H12Br2N4/c1-6-11(15)16-7(2)17-12(6)18-10-8(13)4-3-5-9(10)14/h3-5H,1-2H3,(H3,15,16,17,18). The molecule has 0 saturated heterocycles. The van der Waals surface area contributed by atoms with Crippen LogP contribution in [0.2, 0.25) is 0 Å². The Bertz CT molecular complexity index is 579. The van der Waals surface area contributed by atoms with Gasteiger partial charge in [-0.15, -0.1) is 0 Å². The van der Waals surface area contributed by atoms with E-state index in [0.717, 1.165) is 20.2 Å². The molecule has 0 fully saturated rings. The molecule has 0 radical (unpaired) electrons. The summed E-state index contributed by atoms with van der Waals surface area (Å²) in [5.41, 5.74) is 7.59. The molecule has 94 valence electrons. The van der Waals surface area contributed by atoms with Gasteiger partial charge in [0.05, 0.1) is 5.69 Å². The third-order valence-corrected chi connectivity index (χ3v) is 3.82. The fourth-order valence-corrected chi connectivity index (χ4v) is 2.70. The molecule has 1 aromatic heterocycles. The van der Waals surface area contributed by atoms with Crippen LogP contribution in [-0.4, -0.2) is 9.97 Å². The first-order valence-electron chi connectivity index (χ1n) is 5.31. The summed E-state index contributed by atoms with van der Waals surface area (Å²) in [6, 6.07) is 5.87. The first-order chi connectivity index (χ1) is 8.49. The number of nitrogens with zero attached hydrogens (tertiary/aromatic N) is 2. The lowest BCUT2D eigenvalue weighted by Crippen LogP contribution is -2.05. The van der Waals surface area contributed by atoms with Crippen LogP contribution in [0.5, 0.6) is 0 Å². The van der Waals surface area contributed by atoms with Gasteiger partial charge in [0.15, 0.2) is 0 Å². The number of anilines is 3. The van der Waals surface area contributed by atoms with Gasteiger partial charge in [0.25, 0.3) is 0 Å². The van der Waals surface area contributed by atoms with E-state index in [1.54, 1.807) is 0 Å². The Morgan fingerprint density at radius 3 is 2.33 bits per heavy atom. The minimum Gasteiger partial charge on any atom is -0.383 e. The van der Waals surface area contributed by atoms with Crippen molar-refractivity contribution in [3.8, 4) is 0 Å². The third kappa shape index (κ3) is 2.64. The third-order valence-electron chi connectivity index (χ3n) is 2.50. The Labute approximate surface area is 122 Å². The van der Waals surface area contributed by atoms with Gasteiger partial charge in [0.2, 0.25) is 0 Å². The van der Waals surface area contributed by atoms with Crippen LogP contribution in [0.15, 0.2) is 27.1 Å². The summed E-state index contributed by atoms with van der Waals surface area (Å²) >= 11 is 7.00. The van der Waals surface area contributed by atoms with E-state index in [2.05, 4.69) is 47.1 Å². The van der Waals surface area contributed by atoms with Gasteiger partial charge in [-0.05, 0) is 57.8 Å². The normalized spacial score (nSPS) is 10.4. The molecule has 0 amide bonds.